The van der Waals surface area contributed by atoms with Crippen LogP contribution in [0.3, 0.4) is 0 Å². The number of benzene rings is 6. The van der Waals surface area contributed by atoms with E-state index in [1.807, 2.05) is 12.3 Å². The van der Waals surface area contributed by atoms with Gasteiger partial charge in [-0.2, -0.15) is 0 Å². The first kappa shape index (κ1) is 23.5. The third kappa shape index (κ3) is 3.94. The molecule has 0 bridgehead atoms. The highest BCUT2D eigenvalue weighted by Gasteiger charge is 2.16. The zero-order chi connectivity index (χ0) is 27.3. The second-order valence-electron chi connectivity index (χ2n) is 10.6. The average Bonchev–Trinajstić information content (AvgIpc) is 3.04. The molecular formula is C38H25N3. The highest BCUT2D eigenvalue weighted by molar-refractivity contribution is 6.25. The molecule has 0 N–H and O–H groups in total. The van der Waals surface area contributed by atoms with Gasteiger partial charge in [0.05, 0.1) is 11.4 Å². The maximum Gasteiger partial charge on any atom is 0.160 e. The fraction of sp³-hybridized carbons (Fsp3) is 0.0263. The van der Waals surface area contributed by atoms with Crippen LogP contribution in [-0.4, -0.2) is 15.0 Å². The molecule has 0 aliphatic heterocycles. The molecule has 0 amide bonds. The molecule has 0 fully saturated rings. The molecule has 0 saturated heterocycles. The summed E-state index contributed by atoms with van der Waals surface area (Å²) in [6, 6.07) is 42.9. The molecule has 6 aromatic carbocycles. The summed E-state index contributed by atoms with van der Waals surface area (Å²) in [4.78, 5) is 14.7. The van der Waals surface area contributed by atoms with E-state index in [2.05, 4.69) is 127 Å². The topological polar surface area (TPSA) is 38.7 Å². The summed E-state index contributed by atoms with van der Waals surface area (Å²) in [7, 11) is 0. The van der Waals surface area contributed by atoms with Crippen molar-refractivity contribution in [1.29, 1.82) is 0 Å². The normalized spacial score (nSPS) is 11.5. The number of hydrogen-bond donors (Lipinski definition) is 0. The Morgan fingerprint density at radius 2 is 1.20 bits per heavy atom. The highest BCUT2D eigenvalue weighted by atomic mass is 14.9. The lowest BCUT2D eigenvalue weighted by atomic mass is 9.91. The number of hydrogen-bond acceptors (Lipinski definition) is 3. The van der Waals surface area contributed by atoms with Crippen LogP contribution in [0, 0.1) is 6.92 Å². The van der Waals surface area contributed by atoms with Gasteiger partial charge in [-0.25, -0.2) is 9.97 Å². The first-order valence-corrected chi connectivity index (χ1v) is 13.9. The smallest absolute Gasteiger partial charge is 0.160 e. The molecule has 0 saturated carbocycles. The van der Waals surface area contributed by atoms with E-state index in [1.165, 1.54) is 32.3 Å². The van der Waals surface area contributed by atoms with Gasteiger partial charge in [-0.15, -0.1) is 0 Å². The van der Waals surface area contributed by atoms with Crippen molar-refractivity contribution in [2.75, 3.05) is 0 Å². The molecule has 3 nitrogen and oxygen atoms in total. The summed E-state index contributed by atoms with van der Waals surface area (Å²) in [5.74, 6) is 0.730. The lowest BCUT2D eigenvalue weighted by Crippen LogP contribution is -1.98. The van der Waals surface area contributed by atoms with Crippen LogP contribution in [0.5, 0.6) is 0 Å². The van der Waals surface area contributed by atoms with Crippen molar-refractivity contribution in [1.82, 2.24) is 15.0 Å². The van der Waals surface area contributed by atoms with Crippen molar-refractivity contribution in [3.63, 3.8) is 0 Å². The molecule has 192 valence electrons. The molecule has 2 heterocycles. The van der Waals surface area contributed by atoms with Crippen LogP contribution in [0.1, 0.15) is 5.56 Å². The monoisotopic (exact) mass is 523 g/mol. The molecule has 3 heteroatoms. The van der Waals surface area contributed by atoms with Gasteiger partial charge in [-0.05, 0) is 68.6 Å². The van der Waals surface area contributed by atoms with Crippen LogP contribution in [-0.2, 0) is 0 Å². The standard InChI is InChI=1S/C38H25N3/c1-24-7-2-3-13-31(24)38-40-34(29-11-5-10-28(21-29)30-12-6-20-39-23-30)22-35(41-38)32-18-16-27-15-14-25-8-4-9-26-17-19-33(32)37(27)36(25)26/h2-23H,1H3. The largest absolute Gasteiger partial charge is 0.264 e. The summed E-state index contributed by atoms with van der Waals surface area (Å²) in [5.41, 5.74) is 8.33. The van der Waals surface area contributed by atoms with E-state index >= 15 is 0 Å². The Hall–Kier alpha value is -5.41. The molecule has 0 aliphatic rings. The van der Waals surface area contributed by atoms with Gasteiger partial charge < -0.3 is 0 Å². The number of pyridine rings is 1. The SMILES string of the molecule is Cc1ccccc1-c1nc(-c2cccc(-c3cccnc3)c2)cc(-c2ccc3ccc4cccc5ccc2c3c45)n1. The molecule has 8 rings (SSSR count). The number of nitrogens with zero attached hydrogens (tertiary/aromatic N) is 3. The Bertz CT molecular complexity index is 2200. The Morgan fingerprint density at radius 3 is 2.02 bits per heavy atom. The van der Waals surface area contributed by atoms with E-state index in [0.717, 1.165) is 50.6 Å². The molecule has 41 heavy (non-hydrogen) atoms. The predicted octanol–water partition coefficient (Wildman–Crippen LogP) is 9.75. The minimum atomic E-state index is 0.730. The minimum absolute atomic E-state index is 0.730. The van der Waals surface area contributed by atoms with Crippen molar-refractivity contribution in [2.45, 2.75) is 6.92 Å². The molecule has 0 spiro atoms. The van der Waals surface area contributed by atoms with Gasteiger partial charge in [0, 0.05) is 34.6 Å². The Kier molecular flexibility index (Phi) is 5.36. The van der Waals surface area contributed by atoms with Crippen molar-refractivity contribution in [3.8, 4) is 45.0 Å². The maximum atomic E-state index is 5.20. The van der Waals surface area contributed by atoms with Gasteiger partial charge in [0.15, 0.2) is 5.82 Å². The van der Waals surface area contributed by atoms with Gasteiger partial charge in [-0.1, -0.05) is 103 Å². The molecular weight excluding hydrogens is 498 g/mol. The zero-order valence-corrected chi connectivity index (χ0v) is 22.5. The number of aryl methyl sites for hydroxylation is 1. The van der Waals surface area contributed by atoms with E-state index in [4.69, 9.17) is 9.97 Å². The zero-order valence-electron chi connectivity index (χ0n) is 22.5. The van der Waals surface area contributed by atoms with Crippen molar-refractivity contribution in [3.05, 3.63) is 139 Å². The van der Waals surface area contributed by atoms with Gasteiger partial charge >= 0.3 is 0 Å². The van der Waals surface area contributed by atoms with Crippen LogP contribution >= 0.6 is 0 Å². The summed E-state index contributed by atoms with van der Waals surface area (Å²) >= 11 is 0. The van der Waals surface area contributed by atoms with Crippen LogP contribution in [0.2, 0.25) is 0 Å². The first-order chi connectivity index (χ1) is 20.2. The van der Waals surface area contributed by atoms with Gasteiger partial charge in [0.25, 0.3) is 0 Å². The average molecular weight is 524 g/mol. The molecule has 0 aliphatic carbocycles. The molecule has 0 radical (unpaired) electrons. The van der Waals surface area contributed by atoms with Crippen LogP contribution in [0.15, 0.2) is 134 Å². The Balaban J connectivity index is 1.39. The van der Waals surface area contributed by atoms with Crippen molar-refractivity contribution >= 4 is 32.3 Å². The highest BCUT2D eigenvalue weighted by Crippen LogP contribution is 2.40. The van der Waals surface area contributed by atoms with Crippen molar-refractivity contribution < 1.29 is 0 Å². The van der Waals surface area contributed by atoms with Crippen LogP contribution in [0.4, 0.5) is 0 Å². The first-order valence-electron chi connectivity index (χ1n) is 13.9. The molecule has 0 unspecified atom stereocenters. The lowest BCUT2D eigenvalue weighted by Gasteiger charge is -2.15. The summed E-state index contributed by atoms with van der Waals surface area (Å²) in [5, 5.41) is 7.56. The fourth-order valence-corrected chi connectivity index (χ4v) is 6.03. The molecule has 0 atom stereocenters. The second-order valence-corrected chi connectivity index (χ2v) is 10.6. The van der Waals surface area contributed by atoms with Gasteiger partial charge in [-0.3, -0.25) is 4.98 Å². The van der Waals surface area contributed by atoms with Crippen LogP contribution < -0.4 is 0 Å². The van der Waals surface area contributed by atoms with E-state index < -0.39 is 0 Å². The Morgan fingerprint density at radius 1 is 0.488 bits per heavy atom. The third-order valence-electron chi connectivity index (χ3n) is 8.07. The summed E-state index contributed by atoms with van der Waals surface area (Å²) in [6.45, 7) is 2.12. The fourth-order valence-electron chi connectivity index (χ4n) is 6.03. The maximum absolute atomic E-state index is 5.20. The third-order valence-corrected chi connectivity index (χ3v) is 8.07. The van der Waals surface area contributed by atoms with E-state index in [0.29, 0.717) is 0 Å². The second kappa shape index (κ2) is 9.35. The van der Waals surface area contributed by atoms with E-state index in [-0.39, 0.29) is 0 Å². The number of rotatable bonds is 4. The number of aromatic nitrogens is 3. The van der Waals surface area contributed by atoms with Crippen molar-refractivity contribution in [2.24, 2.45) is 0 Å². The lowest BCUT2D eigenvalue weighted by molar-refractivity contribution is 1.18. The Labute approximate surface area is 238 Å². The van der Waals surface area contributed by atoms with E-state index in [9.17, 15) is 0 Å². The minimum Gasteiger partial charge on any atom is -0.264 e. The molecule has 8 aromatic rings. The summed E-state index contributed by atoms with van der Waals surface area (Å²) in [6.07, 6.45) is 3.70. The van der Waals surface area contributed by atoms with Gasteiger partial charge in [0.2, 0.25) is 0 Å². The summed E-state index contributed by atoms with van der Waals surface area (Å²) < 4.78 is 0. The predicted molar refractivity (Wildman–Crippen MR) is 170 cm³/mol. The van der Waals surface area contributed by atoms with E-state index in [1.54, 1.807) is 6.20 Å². The quantitative estimate of drug-likeness (QED) is 0.216. The van der Waals surface area contributed by atoms with Crippen LogP contribution in [0.25, 0.3) is 77.3 Å². The van der Waals surface area contributed by atoms with Gasteiger partial charge in [0.1, 0.15) is 0 Å². The molecule has 2 aromatic heterocycles.